The maximum Gasteiger partial charge on any atom is 0.338 e. The van der Waals surface area contributed by atoms with Crippen LogP contribution in [0.5, 0.6) is 0 Å². The normalized spacial score (nSPS) is 10.6. The van der Waals surface area contributed by atoms with Gasteiger partial charge in [-0.05, 0) is 59.0 Å². The summed E-state index contributed by atoms with van der Waals surface area (Å²) >= 11 is 0. The first-order valence-corrected chi connectivity index (χ1v) is 8.88. The molecule has 0 radical (unpaired) electrons. The van der Waals surface area contributed by atoms with Gasteiger partial charge >= 0.3 is 5.97 Å². The lowest BCUT2D eigenvalue weighted by molar-refractivity contribution is -0.118. The number of nitrogens with zero attached hydrogens (tertiary/aromatic N) is 4. The monoisotopic (exact) mass is 393 g/mol. The molecule has 0 aliphatic rings. The van der Waals surface area contributed by atoms with Crippen LogP contribution in [0.2, 0.25) is 0 Å². The zero-order chi connectivity index (χ0) is 20.8. The van der Waals surface area contributed by atoms with Crippen molar-refractivity contribution in [2.24, 2.45) is 5.92 Å². The number of anilines is 1. The molecule has 0 bridgehead atoms. The van der Waals surface area contributed by atoms with E-state index in [2.05, 4.69) is 20.8 Å². The summed E-state index contributed by atoms with van der Waals surface area (Å²) in [5, 5.41) is 13.6. The highest BCUT2D eigenvalue weighted by Crippen LogP contribution is 2.13. The summed E-state index contributed by atoms with van der Waals surface area (Å²) in [6.45, 7) is 3.20. The second-order valence-electron chi connectivity index (χ2n) is 6.52. The Kier molecular flexibility index (Phi) is 6.08. The molecule has 9 heteroatoms. The number of carbonyl (C=O) groups is 3. The van der Waals surface area contributed by atoms with Crippen LogP contribution in [0, 0.1) is 5.92 Å². The Balaban J connectivity index is 1.54. The molecule has 148 valence electrons. The second-order valence-corrected chi connectivity index (χ2v) is 6.52. The number of Topliss-reactive ketones (excluding diaryl/α,β-unsaturated/α-hetero) is 1. The molecule has 0 aliphatic heterocycles. The topological polar surface area (TPSA) is 116 Å². The number of esters is 1. The van der Waals surface area contributed by atoms with E-state index in [0.717, 1.165) is 0 Å². The zero-order valence-electron chi connectivity index (χ0n) is 15.9. The van der Waals surface area contributed by atoms with Crippen molar-refractivity contribution < 1.29 is 19.1 Å². The third-order valence-electron chi connectivity index (χ3n) is 4.05. The Bertz CT molecular complexity index is 996. The van der Waals surface area contributed by atoms with Crippen LogP contribution in [0.25, 0.3) is 5.69 Å². The summed E-state index contributed by atoms with van der Waals surface area (Å²) in [6, 6.07) is 12.9. The average molecular weight is 393 g/mol. The molecule has 3 aromatic rings. The molecular formula is C20H19N5O4. The molecule has 9 nitrogen and oxygen atoms in total. The first kappa shape index (κ1) is 19.9. The van der Waals surface area contributed by atoms with Crippen LogP contribution in [0.3, 0.4) is 0 Å². The maximum atomic E-state index is 12.2. The Hall–Kier alpha value is -3.88. The summed E-state index contributed by atoms with van der Waals surface area (Å²) in [4.78, 5) is 36.1. The standard InChI is InChI=1S/C20H19N5O4/c1-13(2)19(27)22-16-7-3-14(4-8-16)18(26)11-29-20(28)15-5-9-17(10-6-15)25-12-21-23-24-25/h3-10,12-13H,11H2,1-2H3,(H,22,27). The molecule has 0 atom stereocenters. The van der Waals surface area contributed by atoms with E-state index in [1.807, 2.05) is 0 Å². The molecule has 3 rings (SSSR count). The third-order valence-corrected chi connectivity index (χ3v) is 4.05. The van der Waals surface area contributed by atoms with Crippen molar-refractivity contribution in [3.8, 4) is 5.69 Å². The minimum Gasteiger partial charge on any atom is -0.454 e. The number of benzene rings is 2. The molecule has 1 aromatic heterocycles. The smallest absolute Gasteiger partial charge is 0.338 e. The Morgan fingerprint density at radius 1 is 1.00 bits per heavy atom. The molecule has 0 saturated heterocycles. The number of ketones is 1. The number of hydrogen-bond donors (Lipinski definition) is 1. The number of rotatable bonds is 7. The molecule has 0 unspecified atom stereocenters. The number of nitrogens with one attached hydrogen (secondary N) is 1. The molecule has 29 heavy (non-hydrogen) atoms. The lowest BCUT2D eigenvalue weighted by Gasteiger charge is -2.08. The summed E-state index contributed by atoms with van der Waals surface area (Å²) in [6.07, 6.45) is 1.44. The summed E-state index contributed by atoms with van der Waals surface area (Å²) in [5.41, 5.74) is 1.97. The van der Waals surface area contributed by atoms with Crippen LogP contribution < -0.4 is 5.32 Å². The van der Waals surface area contributed by atoms with Gasteiger partial charge in [0.15, 0.2) is 12.4 Å². The van der Waals surface area contributed by atoms with Crippen molar-refractivity contribution in [3.63, 3.8) is 0 Å². The van der Waals surface area contributed by atoms with Crippen molar-refractivity contribution >= 4 is 23.3 Å². The van der Waals surface area contributed by atoms with E-state index < -0.39 is 5.97 Å². The van der Waals surface area contributed by atoms with Crippen LogP contribution in [-0.2, 0) is 9.53 Å². The van der Waals surface area contributed by atoms with Gasteiger partial charge in [0.2, 0.25) is 5.91 Å². The minimum atomic E-state index is -0.609. The van der Waals surface area contributed by atoms with Crippen LogP contribution in [0.4, 0.5) is 5.69 Å². The Labute approximate surface area is 166 Å². The SMILES string of the molecule is CC(C)C(=O)Nc1ccc(C(=O)COC(=O)c2ccc(-n3cnnn3)cc2)cc1. The number of tetrazole rings is 1. The molecule has 1 amide bonds. The van der Waals surface area contributed by atoms with E-state index in [1.165, 1.54) is 11.0 Å². The minimum absolute atomic E-state index is 0.107. The Morgan fingerprint density at radius 2 is 1.66 bits per heavy atom. The van der Waals surface area contributed by atoms with Gasteiger partial charge in [-0.3, -0.25) is 9.59 Å². The van der Waals surface area contributed by atoms with Crippen molar-refractivity contribution in [2.75, 3.05) is 11.9 Å². The average Bonchev–Trinajstić information content (AvgIpc) is 3.27. The second kappa shape index (κ2) is 8.87. The van der Waals surface area contributed by atoms with Gasteiger partial charge in [-0.15, -0.1) is 5.10 Å². The fraction of sp³-hybridized carbons (Fsp3) is 0.200. The largest absolute Gasteiger partial charge is 0.454 e. The molecule has 0 saturated carbocycles. The summed E-state index contributed by atoms with van der Waals surface area (Å²) in [7, 11) is 0. The van der Waals surface area contributed by atoms with Gasteiger partial charge in [-0.2, -0.15) is 0 Å². The predicted octanol–water partition coefficient (Wildman–Crippen LogP) is 2.30. The van der Waals surface area contributed by atoms with Gasteiger partial charge in [0, 0.05) is 17.2 Å². The molecule has 2 aromatic carbocycles. The van der Waals surface area contributed by atoms with Gasteiger partial charge in [-0.25, -0.2) is 9.48 Å². The fourth-order valence-corrected chi connectivity index (χ4v) is 2.35. The van der Waals surface area contributed by atoms with E-state index in [0.29, 0.717) is 22.5 Å². The number of ether oxygens (including phenoxy) is 1. The van der Waals surface area contributed by atoms with E-state index in [4.69, 9.17) is 4.74 Å². The lowest BCUT2D eigenvalue weighted by Crippen LogP contribution is -2.18. The van der Waals surface area contributed by atoms with E-state index in [1.54, 1.807) is 62.4 Å². The predicted molar refractivity (Wildman–Crippen MR) is 104 cm³/mol. The molecule has 0 spiro atoms. The number of carbonyl (C=O) groups excluding carboxylic acids is 3. The first-order valence-electron chi connectivity index (χ1n) is 8.88. The van der Waals surface area contributed by atoms with E-state index in [9.17, 15) is 14.4 Å². The van der Waals surface area contributed by atoms with Crippen molar-refractivity contribution in [1.29, 1.82) is 0 Å². The van der Waals surface area contributed by atoms with Crippen LogP contribution in [0.15, 0.2) is 54.9 Å². The molecule has 0 fully saturated rings. The van der Waals surface area contributed by atoms with Crippen molar-refractivity contribution in [3.05, 3.63) is 66.0 Å². The number of hydrogen-bond acceptors (Lipinski definition) is 7. The molecule has 1 heterocycles. The highest BCUT2D eigenvalue weighted by atomic mass is 16.5. The van der Waals surface area contributed by atoms with E-state index >= 15 is 0 Å². The van der Waals surface area contributed by atoms with Crippen LogP contribution >= 0.6 is 0 Å². The third kappa shape index (κ3) is 5.10. The van der Waals surface area contributed by atoms with Gasteiger partial charge in [0.25, 0.3) is 0 Å². The molecular weight excluding hydrogens is 374 g/mol. The maximum absolute atomic E-state index is 12.2. The summed E-state index contributed by atoms with van der Waals surface area (Å²) in [5.74, 6) is -1.20. The fourth-order valence-electron chi connectivity index (χ4n) is 2.35. The van der Waals surface area contributed by atoms with Crippen molar-refractivity contribution in [2.45, 2.75) is 13.8 Å². The lowest BCUT2D eigenvalue weighted by atomic mass is 10.1. The zero-order valence-corrected chi connectivity index (χ0v) is 15.9. The van der Waals surface area contributed by atoms with Gasteiger partial charge in [-0.1, -0.05) is 13.8 Å². The Morgan fingerprint density at radius 3 is 2.24 bits per heavy atom. The molecule has 1 N–H and O–H groups in total. The highest BCUT2D eigenvalue weighted by molar-refractivity contribution is 6.00. The van der Waals surface area contributed by atoms with Crippen molar-refractivity contribution in [1.82, 2.24) is 20.2 Å². The number of amides is 1. The highest BCUT2D eigenvalue weighted by Gasteiger charge is 2.13. The molecule has 0 aliphatic carbocycles. The summed E-state index contributed by atoms with van der Waals surface area (Å²) < 4.78 is 6.55. The van der Waals surface area contributed by atoms with Gasteiger partial charge in [0.05, 0.1) is 11.3 Å². The van der Waals surface area contributed by atoms with E-state index in [-0.39, 0.29) is 24.2 Å². The quantitative estimate of drug-likeness (QED) is 0.483. The van der Waals surface area contributed by atoms with Gasteiger partial charge < -0.3 is 10.1 Å². The van der Waals surface area contributed by atoms with Crippen LogP contribution in [0.1, 0.15) is 34.6 Å². The van der Waals surface area contributed by atoms with Gasteiger partial charge in [0.1, 0.15) is 6.33 Å². The van der Waals surface area contributed by atoms with Crippen LogP contribution in [-0.4, -0.2) is 44.5 Å². The number of aromatic nitrogens is 4. The first-order chi connectivity index (χ1) is 13.9.